The van der Waals surface area contributed by atoms with Gasteiger partial charge in [-0.2, -0.15) is 0 Å². The third-order valence-corrected chi connectivity index (χ3v) is 4.47. The van der Waals surface area contributed by atoms with Gasteiger partial charge in [0.2, 0.25) is 0 Å². The molecule has 8 heteroatoms. The van der Waals surface area contributed by atoms with Crippen molar-refractivity contribution in [2.45, 2.75) is 18.1 Å². The Labute approximate surface area is 116 Å². The van der Waals surface area contributed by atoms with E-state index < -0.39 is 10.0 Å². The van der Waals surface area contributed by atoms with E-state index in [0.29, 0.717) is 6.54 Å². The fourth-order valence-electron chi connectivity index (χ4n) is 1.45. The van der Waals surface area contributed by atoms with Gasteiger partial charge in [-0.1, -0.05) is 6.07 Å². The summed E-state index contributed by atoms with van der Waals surface area (Å²) >= 11 is 1.40. The molecule has 0 fully saturated rings. The zero-order chi connectivity index (χ0) is 13.7. The van der Waals surface area contributed by atoms with Crippen LogP contribution in [0.5, 0.6) is 0 Å². The van der Waals surface area contributed by atoms with E-state index >= 15 is 0 Å². The number of hydrogen-bond donors (Lipinski definition) is 2. The van der Waals surface area contributed by atoms with Crippen LogP contribution in [-0.4, -0.2) is 25.4 Å². The van der Waals surface area contributed by atoms with Gasteiger partial charge in [-0.05, 0) is 18.7 Å². The average molecular weight is 298 g/mol. The van der Waals surface area contributed by atoms with Crippen molar-refractivity contribution in [3.8, 4) is 0 Å². The van der Waals surface area contributed by atoms with Crippen molar-refractivity contribution >= 4 is 21.4 Å². The zero-order valence-electron chi connectivity index (χ0n) is 10.3. The lowest BCUT2D eigenvalue weighted by atomic mass is 10.3. The summed E-state index contributed by atoms with van der Waals surface area (Å²) in [6.07, 6.45) is 3.19. The molecular formula is C11H14N4O2S2. The second-order valence-electron chi connectivity index (χ2n) is 3.83. The lowest BCUT2D eigenvalue weighted by Gasteiger charge is -2.05. The van der Waals surface area contributed by atoms with Crippen molar-refractivity contribution in [2.24, 2.45) is 0 Å². The van der Waals surface area contributed by atoms with Gasteiger partial charge in [0.25, 0.3) is 10.0 Å². The van der Waals surface area contributed by atoms with Crippen molar-refractivity contribution in [1.82, 2.24) is 20.0 Å². The normalized spacial score (nSPS) is 11.6. The Balaban J connectivity index is 2.06. The number of hydrogen-bond acceptors (Lipinski definition) is 6. The number of thiazole rings is 1. The van der Waals surface area contributed by atoms with Crippen LogP contribution < -0.4 is 10.0 Å². The average Bonchev–Trinajstić information content (AvgIpc) is 2.91. The maximum absolute atomic E-state index is 12.0. The first kappa shape index (κ1) is 14.1. The highest BCUT2D eigenvalue weighted by atomic mass is 32.2. The first-order valence-corrected chi connectivity index (χ1v) is 7.94. The lowest BCUT2D eigenvalue weighted by Crippen LogP contribution is -2.23. The summed E-state index contributed by atoms with van der Waals surface area (Å²) in [5.41, 5.74) is 2.60. The third-order valence-electron chi connectivity index (χ3n) is 2.37. The molecule has 2 N–H and O–H groups in total. The highest BCUT2D eigenvalue weighted by Crippen LogP contribution is 2.09. The minimum Gasteiger partial charge on any atom is -0.316 e. The number of aromatic nitrogens is 2. The molecule has 0 aliphatic carbocycles. The monoisotopic (exact) mass is 298 g/mol. The van der Waals surface area contributed by atoms with Gasteiger partial charge in [0.1, 0.15) is 0 Å². The van der Waals surface area contributed by atoms with Gasteiger partial charge >= 0.3 is 0 Å². The quantitative estimate of drug-likeness (QED) is 0.821. The summed E-state index contributed by atoms with van der Waals surface area (Å²) in [6, 6.07) is 3.24. The van der Waals surface area contributed by atoms with E-state index in [1.165, 1.54) is 17.4 Å². The number of pyridine rings is 1. The molecule has 0 unspecified atom stereocenters. The molecule has 6 nitrogen and oxygen atoms in total. The molecule has 2 heterocycles. The molecule has 2 rings (SSSR count). The van der Waals surface area contributed by atoms with E-state index in [1.54, 1.807) is 24.0 Å². The SMILES string of the molecule is CNCc1ccc(S(=O)(=O)NCc2cncs2)nc1. The van der Waals surface area contributed by atoms with Gasteiger partial charge in [-0.25, -0.2) is 18.1 Å². The molecule has 2 aromatic rings. The smallest absolute Gasteiger partial charge is 0.258 e. The molecule has 0 atom stereocenters. The van der Waals surface area contributed by atoms with Gasteiger partial charge in [0.05, 0.1) is 5.51 Å². The first-order valence-electron chi connectivity index (χ1n) is 5.58. The maximum Gasteiger partial charge on any atom is 0.258 e. The Morgan fingerprint density at radius 1 is 1.26 bits per heavy atom. The van der Waals surface area contributed by atoms with Crippen molar-refractivity contribution in [3.05, 3.63) is 40.5 Å². The highest BCUT2D eigenvalue weighted by molar-refractivity contribution is 7.89. The van der Waals surface area contributed by atoms with E-state index in [1.807, 2.05) is 7.05 Å². The molecular weight excluding hydrogens is 284 g/mol. The van der Waals surface area contributed by atoms with Crippen LogP contribution in [0.4, 0.5) is 0 Å². The maximum atomic E-state index is 12.0. The van der Waals surface area contributed by atoms with Crippen LogP contribution >= 0.6 is 11.3 Å². The molecule has 0 aliphatic rings. The minimum atomic E-state index is -3.57. The molecule has 0 spiro atoms. The molecule has 0 radical (unpaired) electrons. The van der Waals surface area contributed by atoms with Gasteiger partial charge < -0.3 is 5.32 Å². The largest absolute Gasteiger partial charge is 0.316 e. The van der Waals surface area contributed by atoms with E-state index in [2.05, 4.69) is 20.0 Å². The molecule has 0 aliphatic heterocycles. The summed E-state index contributed by atoms with van der Waals surface area (Å²) in [6.45, 7) is 0.883. The Hall–Kier alpha value is -1.35. The van der Waals surface area contributed by atoms with E-state index in [9.17, 15) is 8.42 Å². The second kappa shape index (κ2) is 6.20. The van der Waals surface area contributed by atoms with Crippen molar-refractivity contribution < 1.29 is 8.42 Å². The molecule has 2 aromatic heterocycles. The van der Waals surface area contributed by atoms with Crippen LogP contribution in [0.25, 0.3) is 0 Å². The van der Waals surface area contributed by atoms with Crippen molar-refractivity contribution in [2.75, 3.05) is 7.05 Å². The highest BCUT2D eigenvalue weighted by Gasteiger charge is 2.15. The van der Waals surface area contributed by atoms with Gasteiger partial charge in [-0.3, -0.25) is 4.98 Å². The van der Waals surface area contributed by atoms with Crippen LogP contribution in [-0.2, 0) is 23.1 Å². The van der Waals surface area contributed by atoms with Crippen molar-refractivity contribution in [3.63, 3.8) is 0 Å². The van der Waals surface area contributed by atoms with Gasteiger partial charge in [0, 0.05) is 30.4 Å². The summed E-state index contributed by atoms with van der Waals surface area (Å²) in [4.78, 5) is 8.71. The van der Waals surface area contributed by atoms with Crippen LogP contribution in [0.1, 0.15) is 10.4 Å². The predicted octanol–water partition coefficient (Wildman–Crippen LogP) is 0.736. The molecule has 0 saturated carbocycles. The number of sulfonamides is 1. The summed E-state index contributed by atoms with van der Waals surface area (Å²) in [5, 5.41) is 3.00. The predicted molar refractivity (Wildman–Crippen MR) is 73.1 cm³/mol. The van der Waals surface area contributed by atoms with Gasteiger partial charge in [-0.15, -0.1) is 11.3 Å². The van der Waals surface area contributed by atoms with E-state index in [-0.39, 0.29) is 11.6 Å². The van der Waals surface area contributed by atoms with Crippen LogP contribution in [0.3, 0.4) is 0 Å². The fourth-order valence-corrected chi connectivity index (χ4v) is 3.01. The van der Waals surface area contributed by atoms with Crippen molar-refractivity contribution in [1.29, 1.82) is 0 Å². The van der Waals surface area contributed by atoms with Crippen LogP contribution in [0.2, 0.25) is 0 Å². The second-order valence-corrected chi connectivity index (χ2v) is 6.51. The molecule has 0 saturated heterocycles. The number of rotatable bonds is 6. The molecule has 0 bridgehead atoms. The summed E-state index contributed by atoms with van der Waals surface area (Å²) in [5.74, 6) is 0. The van der Waals surface area contributed by atoms with E-state index in [0.717, 1.165) is 10.4 Å². The Bertz CT molecular complexity index is 609. The lowest BCUT2D eigenvalue weighted by molar-refractivity contribution is 0.577. The van der Waals surface area contributed by atoms with Gasteiger partial charge in [0.15, 0.2) is 5.03 Å². The first-order chi connectivity index (χ1) is 9.12. The minimum absolute atomic E-state index is 0.0249. The molecule has 102 valence electrons. The Morgan fingerprint density at radius 2 is 2.11 bits per heavy atom. The topological polar surface area (TPSA) is 84.0 Å². The summed E-state index contributed by atoms with van der Waals surface area (Å²) < 4.78 is 26.5. The summed E-state index contributed by atoms with van der Waals surface area (Å²) in [7, 11) is -1.75. The standard InChI is InChI=1S/C11H14N4O2S2/c1-12-4-9-2-3-11(14-5-9)19(16,17)15-7-10-6-13-8-18-10/h2-3,5-6,8,12,15H,4,7H2,1H3. The molecule has 0 amide bonds. The van der Waals surface area contributed by atoms with Crippen LogP contribution in [0, 0.1) is 0 Å². The fraction of sp³-hybridized carbons (Fsp3) is 0.273. The number of nitrogens with zero attached hydrogens (tertiary/aromatic N) is 2. The Morgan fingerprint density at radius 3 is 2.68 bits per heavy atom. The number of nitrogens with one attached hydrogen (secondary N) is 2. The molecule has 0 aromatic carbocycles. The molecule has 19 heavy (non-hydrogen) atoms. The zero-order valence-corrected chi connectivity index (χ0v) is 12.0. The Kier molecular flexibility index (Phi) is 4.59. The van der Waals surface area contributed by atoms with E-state index in [4.69, 9.17) is 0 Å². The van der Waals surface area contributed by atoms with Crippen LogP contribution in [0.15, 0.2) is 35.1 Å². The third kappa shape index (κ3) is 3.80.